The molecule has 1 aromatic carbocycles. The molecule has 0 heterocycles. The van der Waals surface area contributed by atoms with E-state index < -0.39 is 9.84 Å². The fourth-order valence-electron chi connectivity index (χ4n) is 1.95. The Hall–Kier alpha value is -1.40. The van der Waals surface area contributed by atoms with Crippen LogP contribution >= 0.6 is 0 Å². The van der Waals surface area contributed by atoms with Gasteiger partial charge in [-0.05, 0) is 36.1 Å². The molecule has 5 nitrogen and oxygen atoms in total. The Kier molecular flexibility index (Phi) is 5.53. The Labute approximate surface area is 126 Å². The van der Waals surface area contributed by atoms with Crippen molar-refractivity contribution in [1.29, 1.82) is 0 Å². The van der Waals surface area contributed by atoms with Gasteiger partial charge < -0.3 is 10.4 Å². The minimum atomic E-state index is -3.26. The molecule has 1 unspecified atom stereocenters. The van der Waals surface area contributed by atoms with Crippen molar-refractivity contribution in [2.75, 3.05) is 12.9 Å². The van der Waals surface area contributed by atoms with Crippen molar-refractivity contribution in [3.8, 4) is 0 Å². The lowest BCUT2D eigenvalue weighted by molar-refractivity contribution is 0.0885. The molecule has 1 aromatic rings. The van der Waals surface area contributed by atoms with Crippen LogP contribution in [0.4, 0.5) is 0 Å². The average Bonchev–Trinajstić information content (AvgIpc) is 2.36. The molecule has 0 aromatic heterocycles. The van der Waals surface area contributed by atoms with Crippen LogP contribution in [0.25, 0.3) is 0 Å². The molecular formula is C15H23NO4S. The summed E-state index contributed by atoms with van der Waals surface area (Å²) in [5.74, 6) is -0.275. The number of benzene rings is 1. The standard InChI is InChI=1S/C15H23NO4S/c1-15(2,3)13(9-10-17)16-14(18)11-5-7-12(8-6-11)21(4,19)20/h5-8,13,17H,9-10H2,1-4H3,(H,16,18). The SMILES string of the molecule is CC(C)(C)C(CCO)NC(=O)c1ccc(S(C)(=O)=O)cc1. The monoisotopic (exact) mass is 313 g/mol. The van der Waals surface area contributed by atoms with Crippen LogP contribution in [0.2, 0.25) is 0 Å². The number of amides is 1. The van der Waals surface area contributed by atoms with Gasteiger partial charge in [-0.2, -0.15) is 0 Å². The van der Waals surface area contributed by atoms with E-state index in [0.717, 1.165) is 6.26 Å². The third kappa shape index (κ3) is 5.13. The summed E-state index contributed by atoms with van der Waals surface area (Å²) >= 11 is 0. The molecule has 0 aliphatic carbocycles. The van der Waals surface area contributed by atoms with E-state index in [-0.39, 0.29) is 28.9 Å². The van der Waals surface area contributed by atoms with E-state index in [4.69, 9.17) is 5.11 Å². The molecule has 2 N–H and O–H groups in total. The maximum absolute atomic E-state index is 12.2. The normalized spacial score (nSPS) is 13.8. The van der Waals surface area contributed by atoms with E-state index >= 15 is 0 Å². The van der Waals surface area contributed by atoms with Gasteiger partial charge in [-0.1, -0.05) is 20.8 Å². The van der Waals surface area contributed by atoms with Crippen molar-refractivity contribution in [3.63, 3.8) is 0 Å². The third-order valence-corrected chi connectivity index (χ3v) is 4.44. The van der Waals surface area contributed by atoms with Crippen molar-refractivity contribution in [3.05, 3.63) is 29.8 Å². The van der Waals surface area contributed by atoms with E-state index in [1.165, 1.54) is 24.3 Å². The maximum Gasteiger partial charge on any atom is 0.251 e. The minimum absolute atomic E-state index is 0.00473. The van der Waals surface area contributed by atoms with Crippen LogP contribution in [0.1, 0.15) is 37.6 Å². The summed E-state index contributed by atoms with van der Waals surface area (Å²) in [6, 6.07) is 5.66. The predicted molar refractivity (Wildman–Crippen MR) is 82.0 cm³/mol. The summed E-state index contributed by atoms with van der Waals surface area (Å²) in [7, 11) is -3.26. The van der Waals surface area contributed by atoms with E-state index in [2.05, 4.69) is 5.32 Å². The number of aliphatic hydroxyl groups excluding tert-OH is 1. The number of rotatable bonds is 5. The molecule has 0 bridgehead atoms. The first-order chi connectivity index (χ1) is 9.55. The molecule has 0 fully saturated rings. The number of aliphatic hydroxyl groups is 1. The van der Waals surface area contributed by atoms with Gasteiger partial charge in [0.1, 0.15) is 0 Å². The highest BCUT2D eigenvalue weighted by Crippen LogP contribution is 2.22. The van der Waals surface area contributed by atoms with Gasteiger partial charge in [-0.3, -0.25) is 4.79 Å². The van der Waals surface area contributed by atoms with Crippen LogP contribution < -0.4 is 5.32 Å². The van der Waals surface area contributed by atoms with Gasteiger partial charge in [0, 0.05) is 24.5 Å². The van der Waals surface area contributed by atoms with Gasteiger partial charge in [0.2, 0.25) is 0 Å². The molecule has 118 valence electrons. The summed E-state index contributed by atoms with van der Waals surface area (Å²) in [6.07, 6.45) is 1.59. The van der Waals surface area contributed by atoms with Crippen LogP contribution in [-0.4, -0.2) is 38.3 Å². The van der Waals surface area contributed by atoms with Crippen LogP contribution in [0.5, 0.6) is 0 Å². The van der Waals surface area contributed by atoms with E-state index in [1.807, 2.05) is 20.8 Å². The second-order valence-electron chi connectivity index (χ2n) is 6.20. The van der Waals surface area contributed by atoms with Gasteiger partial charge in [-0.15, -0.1) is 0 Å². The van der Waals surface area contributed by atoms with Crippen molar-refractivity contribution < 1.29 is 18.3 Å². The molecule has 0 radical (unpaired) electrons. The zero-order valence-corrected chi connectivity index (χ0v) is 13.7. The zero-order chi connectivity index (χ0) is 16.3. The zero-order valence-electron chi connectivity index (χ0n) is 12.9. The molecule has 0 saturated heterocycles. The Balaban J connectivity index is 2.88. The second kappa shape index (κ2) is 6.58. The molecule has 6 heteroatoms. The minimum Gasteiger partial charge on any atom is -0.396 e. The van der Waals surface area contributed by atoms with Crippen LogP contribution in [-0.2, 0) is 9.84 Å². The predicted octanol–water partition coefficient (Wildman–Crippen LogP) is 1.62. The smallest absolute Gasteiger partial charge is 0.251 e. The van der Waals surface area contributed by atoms with E-state index in [0.29, 0.717) is 12.0 Å². The Morgan fingerprint density at radius 2 is 1.76 bits per heavy atom. The third-order valence-electron chi connectivity index (χ3n) is 3.31. The van der Waals surface area contributed by atoms with Crippen molar-refractivity contribution in [2.45, 2.75) is 38.1 Å². The average molecular weight is 313 g/mol. The quantitative estimate of drug-likeness (QED) is 0.865. The highest BCUT2D eigenvalue weighted by molar-refractivity contribution is 7.90. The molecule has 0 spiro atoms. The Morgan fingerprint density at radius 3 is 2.14 bits per heavy atom. The fourth-order valence-corrected chi connectivity index (χ4v) is 2.58. The fraction of sp³-hybridized carbons (Fsp3) is 0.533. The molecule has 1 rings (SSSR count). The van der Waals surface area contributed by atoms with Crippen molar-refractivity contribution >= 4 is 15.7 Å². The lowest BCUT2D eigenvalue weighted by atomic mass is 9.85. The molecule has 0 aliphatic heterocycles. The summed E-state index contributed by atoms with van der Waals surface area (Å²) < 4.78 is 22.8. The van der Waals surface area contributed by atoms with Crippen LogP contribution in [0, 0.1) is 5.41 Å². The number of sulfone groups is 1. The molecule has 0 aliphatic rings. The first-order valence-electron chi connectivity index (χ1n) is 6.77. The number of hydrogen-bond donors (Lipinski definition) is 2. The Bertz CT molecular complexity index is 585. The first-order valence-corrected chi connectivity index (χ1v) is 8.66. The number of carbonyl (C=O) groups is 1. The molecule has 0 saturated carbocycles. The number of hydrogen-bond acceptors (Lipinski definition) is 4. The van der Waals surface area contributed by atoms with Gasteiger partial charge in [0.05, 0.1) is 4.90 Å². The lowest BCUT2D eigenvalue weighted by Crippen LogP contribution is -2.44. The van der Waals surface area contributed by atoms with Gasteiger partial charge in [0.15, 0.2) is 9.84 Å². The van der Waals surface area contributed by atoms with Gasteiger partial charge in [0.25, 0.3) is 5.91 Å². The van der Waals surface area contributed by atoms with Crippen molar-refractivity contribution in [2.24, 2.45) is 5.41 Å². The molecular weight excluding hydrogens is 290 g/mol. The van der Waals surface area contributed by atoms with E-state index in [9.17, 15) is 13.2 Å². The summed E-state index contributed by atoms with van der Waals surface area (Å²) in [6.45, 7) is 5.95. The lowest BCUT2D eigenvalue weighted by Gasteiger charge is -2.31. The largest absolute Gasteiger partial charge is 0.396 e. The van der Waals surface area contributed by atoms with Crippen molar-refractivity contribution in [1.82, 2.24) is 5.32 Å². The summed E-state index contributed by atoms with van der Waals surface area (Å²) in [5.41, 5.74) is 0.222. The first kappa shape index (κ1) is 17.7. The van der Waals surface area contributed by atoms with E-state index in [1.54, 1.807) is 0 Å². The highest BCUT2D eigenvalue weighted by atomic mass is 32.2. The topological polar surface area (TPSA) is 83.5 Å². The van der Waals surface area contributed by atoms with Gasteiger partial charge >= 0.3 is 0 Å². The Morgan fingerprint density at radius 1 is 1.24 bits per heavy atom. The van der Waals surface area contributed by atoms with Crippen LogP contribution in [0.3, 0.4) is 0 Å². The van der Waals surface area contributed by atoms with Gasteiger partial charge in [-0.25, -0.2) is 8.42 Å². The summed E-state index contributed by atoms with van der Waals surface area (Å²) in [4.78, 5) is 12.4. The molecule has 1 amide bonds. The second-order valence-corrected chi connectivity index (χ2v) is 8.22. The highest BCUT2D eigenvalue weighted by Gasteiger charge is 2.26. The molecule has 1 atom stereocenters. The van der Waals surface area contributed by atoms with Crippen LogP contribution in [0.15, 0.2) is 29.2 Å². The molecule has 21 heavy (non-hydrogen) atoms. The number of carbonyl (C=O) groups excluding carboxylic acids is 1. The maximum atomic E-state index is 12.2. The summed E-state index contributed by atoms with van der Waals surface area (Å²) in [5, 5.41) is 12.0. The number of nitrogens with one attached hydrogen (secondary N) is 1.